The zero-order valence-corrected chi connectivity index (χ0v) is 10.5. The fraction of sp³-hybridized carbons (Fsp3) is 0.833. The molecule has 0 aromatic rings. The average Bonchev–Trinajstić information content (AvgIpc) is 3.11. The Balaban J connectivity index is 2.15. The number of aliphatic carboxylic acids is 1. The van der Waals surface area contributed by atoms with Crippen LogP contribution in [0.5, 0.6) is 0 Å². The molecule has 1 aliphatic carbocycles. The Morgan fingerprint density at radius 3 is 2.53 bits per heavy atom. The molecule has 0 bridgehead atoms. The van der Waals surface area contributed by atoms with Gasteiger partial charge in [0, 0.05) is 19.6 Å². The van der Waals surface area contributed by atoms with Crippen molar-refractivity contribution in [2.45, 2.75) is 50.6 Å². The molecule has 5 heteroatoms. The van der Waals surface area contributed by atoms with Gasteiger partial charge in [0.1, 0.15) is 5.54 Å². The number of carbonyl (C=O) groups excluding carboxylic acids is 1. The van der Waals surface area contributed by atoms with Crippen molar-refractivity contribution in [1.82, 2.24) is 9.80 Å². The first kappa shape index (κ1) is 12.2. The topological polar surface area (TPSA) is 60.9 Å². The molecule has 1 atom stereocenters. The summed E-state index contributed by atoms with van der Waals surface area (Å²) in [5.41, 5.74) is -1.03. The van der Waals surface area contributed by atoms with Crippen LogP contribution in [0.15, 0.2) is 0 Å². The number of amides is 2. The van der Waals surface area contributed by atoms with E-state index in [0.29, 0.717) is 19.0 Å². The quantitative estimate of drug-likeness (QED) is 0.796. The number of carboxylic acids is 1. The number of hydrogen-bond acceptors (Lipinski definition) is 2. The first-order valence-corrected chi connectivity index (χ1v) is 6.24. The molecule has 0 aromatic carbocycles. The summed E-state index contributed by atoms with van der Waals surface area (Å²) in [6, 6.07) is 0.194. The van der Waals surface area contributed by atoms with Gasteiger partial charge < -0.3 is 14.9 Å². The molecule has 1 saturated heterocycles. The van der Waals surface area contributed by atoms with Crippen LogP contribution in [0.2, 0.25) is 0 Å². The van der Waals surface area contributed by atoms with E-state index in [1.165, 1.54) is 4.90 Å². The third-order valence-corrected chi connectivity index (χ3v) is 3.98. The normalized spacial score (nSPS) is 28.9. The van der Waals surface area contributed by atoms with Gasteiger partial charge in [-0.15, -0.1) is 0 Å². The molecule has 2 aliphatic rings. The second-order valence-electron chi connectivity index (χ2n) is 5.31. The van der Waals surface area contributed by atoms with Crippen molar-refractivity contribution in [1.29, 1.82) is 0 Å². The van der Waals surface area contributed by atoms with Crippen molar-refractivity contribution in [3.8, 4) is 0 Å². The number of urea groups is 1. The predicted octanol–water partition coefficient (Wildman–Crippen LogP) is 1.53. The Hall–Kier alpha value is -1.26. The Morgan fingerprint density at radius 2 is 2.00 bits per heavy atom. The molecule has 2 rings (SSSR count). The van der Waals surface area contributed by atoms with Gasteiger partial charge in [-0.2, -0.15) is 0 Å². The van der Waals surface area contributed by atoms with Crippen LogP contribution in [0.1, 0.15) is 39.0 Å². The standard InChI is InChI=1S/C12H20N2O3/c1-12(10(15)16)7-3-4-8-14(12)11(17)13(2)9-5-6-9/h9H,3-8H2,1-2H3,(H,15,16). The largest absolute Gasteiger partial charge is 0.480 e. The van der Waals surface area contributed by atoms with E-state index in [1.54, 1.807) is 18.9 Å². The van der Waals surface area contributed by atoms with Crippen LogP contribution in [0.4, 0.5) is 4.79 Å². The van der Waals surface area contributed by atoms with Crippen molar-refractivity contribution in [3.63, 3.8) is 0 Å². The predicted molar refractivity (Wildman–Crippen MR) is 62.8 cm³/mol. The maximum atomic E-state index is 12.3. The van der Waals surface area contributed by atoms with Crippen LogP contribution in [-0.2, 0) is 4.79 Å². The smallest absolute Gasteiger partial charge is 0.329 e. The molecule has 1 heterocycles. The lowest BCUT2D eigenvalue weighted by Gasteiger charge is -2.43. The third kappa shape index (κ3) is 2.10. The van der Waals surface area contributed by atoms with Gasteiger partial charge in [-0.25, -0.2) is 9.59 Å². The van der Waals surface area contributed by atoms with Crippen LogP contribution in [0.25, 0.3) is 0 Å². The minimum atomic E-state index is -1.03. The number of rotatable bonds is 2. The summed E-state index contributed by atoms with van der Waals surface area (Å²) in [7, 11) is 1.77. The maximum Gasteiger partial charge on any atom is 0.329 e. The van der Waals surface area contributed by atoms with E-state index in [0.717, 1.165) is 25.7 Å². The molecule has 0 spiro atoms. The lowest BCUT2D eigenvalue weighted by molar-refractivity contribution is -0.150. The van der Waals surface area contributed by atoms with E-state index in [4.69, 9.17) is 0 Å². The lowest BCUT2D eigenvalue weighted by atomic mass is 9.89. The molecule has 1 aliphatic heterocycles. The van der Waals surface area contributed by atoms with Gasteiger partial charge in [0.2, 0.25) is 0 Å². The van der Waals surface area contributed by atoms with Crippen molar-refractivity contribution < 1.29 is 14.7 Å². The van der Waals surface area contributed by atoms with E-state index >= 15 is 0 Å². The summed E-state index contributed by atoms with van der Waals surface area (Å²) in [6.07, 6.45) is 4.40. The van der Waals surface area contributed by atoms with Crippen LogP contribution in [0, 0.1) is 0 Å². The van der Waals surface area contributed by atoms with Gasteiger partial charge in [-0.3, -0.25) is 0 Å². The molecule has 0 radical (unpaired) electrons. The maximum absolute atomic E-state index is 12.3. The second-order valence-corrected chi connectivity index (χ2v) is 5.31. The van der Waals surface area contributed by atoms with Crippen LogP contribution >= 0.6 is 0 Å². The third-order valence-electron chi connectivity index (χ3n) is 3.98. The molecule has 1 N–H and O–H groups in total. The van der Waals surface area contributed by atoms with Gasteiger partial charge in [0.05, 0.1) is 0 Å². The molecular formula is C12H20N2O3. The Morgan fingerprint density at radius 1 is 1.35 bits per heavy atom. The van der Waals surface area contributed by atoms with Gasteiger partial charge in [0.25, 0.3) is 0 Å². The fourth-order valence-corrected chi connectivity index (χ4v) is 2.46. The molecule has 2 amide bonds. The molecule has 0 aromatic heterocycles. The highest BCUT2D eigenvalue weighted by molar-refractivity contribution is 5.86. The number of carbonyl (C=O) groups is 2. The highest BCUT2D eigenvalue weighted by atomic mass is 16.4. The molecule has 2 fully saturated rings. The minimum absolute atomic E-state index is 0.128. The van der Waals surface area contributed by atoms with Gasteiger partial charge in [-0.05, 0) is 39.0 Å². The Bertz CT molecular complexity index is 341. The zero-order chi connectivity index (χ0) is 12.6. The molecule has 17 heavy (non-hydrogen) atoms. The first-order chi connectivity index (χ1) is 7.97. The number of hydrogen-bond donors (Lipinski definition) is 1. The molecule has 5 nitrogen and oxygen atoms in total. The Labute approximate surface area is 101 Å². The van der Waals surface area contributed by atoms with Crippen LogP contribution in [-0.4, -0.2) is 52.1 Å². The van der Waals surface area contributed by atoms with Crippen LogP contribution < -0.4 is 0 Å². The highest BCUT2D eigenvalue weighted by Gasteiger charge is 2.46. The number of nitrogens with zero attached hydrogens (tertiary/aromatic N) is 2. The lowest BCUT2D eigenvalue weighted by Crippen LogP contribution is -2.60. The van der Waals surface area contributed by atoms with E-state index in [-0.39, 0.29) is 6.03 Å². The first-order valence-electron chi connectivity index (χ1n) is 6.24. The Kier molecular flexibility index (Phi) is 3.02. The average molecular weight is 240 g/mol. The van der Waals surface area contributed by atoms with Gasteiger partial charge >= 0.3 is 12.0 Å². The summed E-state index contributed by atoms with van der Waals surface area (Å²) in [5.74, 6) is -0.894. The highest BCUT2D eigenvalue weighted by Crippen LogP contribution is 2.32. The molecule has 96 valence electrons. The molecule has 1 saturated carbocycles. The number of piperidine rings is 1. The van der Waals surface area contributed by atoms with Crippen molar-refractivity contribution >= 4 is 12.0 Å². The summed E-state index contributed by atoms with van der Waals surface area (Å²) in [6.45, 7) is 2.21. The SMILES string of the molecule is CN(C(=O)N1CCCCC1(C)C(=O)O)C1CC1. The van der Waals surface area contributed by atoms with Crippen LogP contribution in [0.3, 0.4) is 0 Å². The molecule has 1 unspecified atom stereocenters. The van der Waals surface area contributed by atoms with Gasteiger partial charge in [0.15, 0.2) is 0 Å². The fourth-order valence-electron chi connectivity index (χ4n) is 2.46. The number of likely N-dealkylation sites (tertiary alicyclic amines) is 1. The van der Waals surface area contributed by atoms with Crippen molar-refractivity contribution in [3.05, 3.63) is 0 Å². The minimum Gasteiger partial charge on any atom is -0.480 e. The van der Waals surface area contributed by atoms with E-state index in [9.17, 15) is 14.7 Å². The summed E-state index contributed by atoms with van der Waals surface area (Å²) in [5, 5.41) is 9.34. The monoisotopic (exact) mass is 240 g/mol. The van der Waals surface area contributed by atoms with E-state index < -0.39 is 11.5 Å². The van der Waals surface area contributed by atoms with Crippen molar-refractivity contribution in [2.24, 2.45) is 0 Å². The molecular weight excluding hydrogens is 220 g/mol. The summed E-state index contributed by atoms with van der Waals surface area (Å²) in [4.78, 5) is 26.9. The zero-order valence-electron chi connectivity index (χ0n) is 10.5. The summed E-state index contributed by atoms with van der Waals surface area (Å²) < 4.78 is 0. The van der Waals surface area contributed by atoms with E-state index in [2.05, 4.69) is 0 Å². The summed E-state index contributed by atoms with van der Waals surface area (Å²) >= 11 is 0. The van der Waals surface area contributed by atoms with Crippen molar-refractivity contribution in [2.75, 3.05) is 13.6 Å². The van der Waals surface area contributed by atoms with Gasteiger partial charge in [-0.1, -0.05) is 0 Å². The van der Waals surface area contributed by atoms with E-state index in [1.807, 2.05) is 0 Å². The second kappa shape index (κ2) is 4.20. The number of carboxylic acid groups (broad SMARTS) is 1.